The van der Waals surface area contributed by atoms with Gasteiger partial charge in [-0.25, -0.2) is 0 Å². The third kappa shape index (κ3) is 3.91. The van der Waals surface area contributed by atoms with Gasteiger partial charge in [0.2, 0.25) is 0 Å². The van der Waals surface area contributed by atoms with Crippen LogP contribution >= 0.6 is 7.60 Å². The van der Waals surface area contributed by atoms with Crippen LogP contribution < -0.4 is 0 Å². The minimum atomic E-state index is -4.60. The normalized spacial score (nSPS) is 15.6. The zero-order valence-electron chi connectivity index (χ0n) is 7.28. The van der Waals surface area contributed by atoms with Crippen LogP contribution in [0.25, 0.3) is 0 Å². The largest absolute Gasteiger partial charge is 0.336 e. The van der Waals surface area contributed by atoms with E-state index in [0.29, 0.717) is 12.6 Å². The molecule has 80 valence electrons. The summed E-state index contributed by atoms with van der Waals surface area (Å²) in [6.07, 6.45) is 0.847. The molecule has 0 aromatic carbocycles. The Kier molecular flexibility index (Phi) is 5.45. The first-order chi connectivity index (χ1) is 6.47. The van der Waals surface area contributed by atoms with E-state index in [4.69, 9.17) is 9.79 Å². The first-order valence-electron chi connectivity index (χ1n) is 3.86. The second-order valence-corrected chi connectivity index (χ2v) is 4.53. The lowest BCUT2D eigenvalue weighted by molar-refractivity contribution is -0.116. The molecule has 0 aromatic heterocycles. The summed E-state index contributed by atoms with van der Waals surface area (Å²) in [6, 6.07) is 0. The van der Waals surface area contributed by atoms with Crippen molar-refractivity contribution in [3.05, 3.63) is 0 Å². The monoisotopic (exact) mass is 222 g/mol. The molecule has 2 N–H and O–H groups in total. The van der Waals surface area contributed by atoms with Crippen molar-refractivity contribution in [3.8, 4) is 0 Å². The van der Waals surface area contributed by atoms with Crippen LogP contribution in [-0.4, -0.2) is 34.3 Å². The van der Waals surface area contributed by atoms with Crippen LogP contribution in [0.4, 0.5) is 0 Å². The zero-order chi connectivity index (χ0) is 11.2. The van der Waals surface area contributed by atoms with E-state index in [-0.39, 0.29) is 19.1 Å². The molecular formula is C7H11O6P. The Morgan fingerprint density at radius 1 is 1.14 bits per heavy atom. The molecule has 0 saturated heterocycles. The molecule has 0 aromatic rings. The molecule has 0 saturated carbocycles. The number of carbonyl (C=O) groups excluding carboxylic acids is 3. The molecule has 0 radical (unpaired) electrons. The SMILES string of the molecule is O=CCCC(C=O)C(C=O)P(=O)(O)O. The van der Waals surface area contributed by atoms with Gasteiger partial charge in [-0.2, -0.15) is 0 Å². The zero-order valence-corrected chi connectivity index (χ0v) is 8.17. The van der Waals surface area contributed by atoms with Crippen LogP contribution in [0.15, 0.2) is 0 Å². The van der Waals surface area contributed by atoms with Gasteiger partial charge in [0.25, 0.3) is 0 Å². The van der Waals surface area contributed by atoms with Crippen molar-refractivity contribution >= 4 is 26.5 Å². The second-order valence-electron chi connectivity index (χ2n) is 2.76. The molecule has 6 nitrogen and oxygen atoms in total. The number of hydrogen-bond acceptors (Lipinski definition) is 4. The average molecular weight is 222 g/mol. The van der Waals surface area contributed by atoms with E-state index in [1.165, 1.54) is 0 Å². The predicted molar refractivity (Wildman–Crippen MR) is 46.7 cm³/mol. The van der Waals surface area contributed by atoms with Crippen molar-refractivity contribution in [1.29, 1.82) is 0 Å². The summed E-state index contributed by atoms with van der Waals surface area (Å²) in [6.45, 7) is 0. The van der Waals surface area contributed by atoms with Gasteiger partial charge < -0.3 is 24.2 Å². The van der Waals surface area contributed by atoms with Crippen molar-refractivity contribution in [2.75, 3.05) is 0 Å². The first-order valence-corrected chi connectivity index (χ1v) is 5.55. The molecule has 0 aliphatic carbocycles. The van der Waals surface area contributed by atoms with E-state index in [2.05, 4.69) is 0 Å². The molecule has 7 heteroatoms. The molecule has 2 atom stereocenters. The maximum absolute atomic E-state index is 10.7. The third-order valence-corrected chi connectivity index (χ3v) is 3.04. The summed E-state index contributed by atoms with van der Waals surface area (Å²) in [5.74, 6) is -1.10. The minimum absolute atomic E-state index is 0.00620. The van der Waals surface area contributed by atoms with Crippen molar-refractivity contribution in [1.82, 2.24) is 0 Å². The number of aldehydes is 3. The summed E-state index contributed by atoms with van der Waals surface area (Å²) in [4.78, 5) is 48.2. The van der Waals surface area contributed by atoms with Crippen LogP contribution in [0, 0.1) is 5.92 Å². The van der Waals surface area contributed by atoms with Gasteiger partial charge in [-0.05, 0) is 6.42 Å². The highest BCUT2D eigenvalue weighted by Crippen LogP contribution is 2.44. The second kappa shape index (κ2) is 5.80. The topological polar surface area (TPSA) is 109 Å². The van der Waals surface area contributed by atoms with E-state index >= 15 is 0 Å². The van der Waals surface area contributed by atoms with Gasteiger partial charge in [0.15, 0.2) is 0 Å². The summed E-state index contributed by atoms with van der Waals surface area (Å²) in [7, 11) is -4.60. The molecule has 0 bridgehead atoms. The average Bonchev–Trinajstić information content (AvgIpc) is 2.09. The highest BCUT2D eigenvalue weighted by atomic mass is 31.2. The maximum Gasteiger partial charge on any atom is 0.336 e. The fourth-order valence-corrected chi connectivity index (χ4v) is 1.89. The number of carbonyl (C=O) groups is 3. The van der Waals surface area contributed by atoms with Gasteiger partial charge >= 0.3 is 7.60 Å². The summed E-state index contributed by atoms with van der Waals surface area (Å²) in [5.41, 5.74) is -1.64. The van der Waals surface area contributed by atoms with E-state index in [0.717, 1.165) is 0 Å². The maximum atomic E-state index is 10.7. The van der Waals surface area contributed by atoms with Crippen LogP contribution in [0.1, 0.15) is 12.8 Å². The molecule has 0 spiro atoms. The molecule has 0 heterocycles. The van der Waals surface area contributed by atoms with Crippen molar-refractivity contribution in [2.45, 2.75) is 18.5 Å². The number of hydrogen-bond donors (Lipinski definition) is 2. The van der Waals surface area contributed by atoms with Gasteiger partial charge in [-0.3, -0.25) is 4.57 Å². The fourth-order valence-electron chi connectivity index (χ4n) is 1.01. The van der Waals surface area contributed by atoms with Crippen molar-refractivity contribution in [3.63, 3.8) is 0 Å². The Labute approximate surface area is 80.5 Å². The van der Waals surface area contributed by atoms with Crippen molar-refractivity contribution in [2.24, 2.45) is 5.92 Å². The van der Waals surface area contributed by atoms with Crippen LogP contribution in [-0.2, 0) is 18.9 Å². The smallest absolute Gasteiger partial charge is 0.324 e. The predicted octanol–water partition coefficient (Wildman–Crippen LogP) is -0.474. The summed E-state index contributed by atoms with van der Waals surface area (Å²) in [5, 5.41) is 0. The molecule has 0 aliphatic heterocycles. The van der Waals surface area contributed by atoms with E-state index in [1.54, 1.807) is 0 Å². The lowest BCUT2D eigenvalue weighted by atomic mass is 10.0. The first kappa shape index (κ1) is 13.2. The highest BCUT2D eigenvalue weighted by Gasteiger charge is 2.35. The van der Waals surface area contributed by atoms with Gasteiger partial charge in [-0.1, -0.05) is 0 Å². The molecule has 0 rings (SSSR count). The lowest BCUT2D eigenvalue weighted by Crippen LogP contribution is -2.23. The van der Waals surface area contributed by atoms with Gasteiger partial charge in [0, 0.05) is 12.3 Å². The summed E-state index contributed by atoms with van der Waals surface area (Å²) >= 11 is 0. The molecule has 2 unspecified atom stereocenters. The minimum Gasteiger partial charge on any atom is -0.324 e. The molecule has 14 heavy (non-hydrogen) atoms. The Morgan fingerprint density at radius 3 is 2.00 bits per heavy atom. The molecular weight excluding hydrogens is 211 g/mol. The van der Waals surface area contributed by atoms with Gasteiger partial charge in [-0.15, -0.1) is 0 Å². The molecule has 0 aliphatic rings. The Morgan fingerprint density at radius 2 is 1.71 bits per heavy atom. The van der Waals surface area contributed by atoms with Crippen molar-refractivity contribution < 1.29 is 28.7 Å². The van der Waals surface area contributed by atoms with Gasteiger partial charge in [0.1, 0.15) is 24.5 Å². The fraction of sp³-hybridized carbons (Fsp3) is 0.571. The van der Waals surface area contributed by atoms with E-state index in [9.17, 15) is 18.9 Å². The van der Waals surface area contributed by atoms with Crippen LogP contribution in [0.2, 0.25) is 0 Å². The lowest BCUT2D eigenvalue weighted by Gasteiger charge is -2.17. The Balaban J connectivity index is 4.61. The Bertz CT molecular complexity index is 257. The molecule has 0 fully saturated rings. The quantitative estimate of drug-likeness (QED) is 0.445. The molecule has 0 amide bonds. The highest BCUT2D eigenvalue weighted by molar-refractivity contribution is 7.53. The van der Waals surface area contributed by atoms with Crippen LogP contribution in [0.3, 0.4) is 0 Å². The number of rotatable bonds is 7. The van der Waals surface area contributed by atoms with Crippen LogP contribution in [0.5, 0.6) is 0 Å². The Hall–Kier alpha value is -0.840. The standard InChI is InChI=1S/C7H11O6P/c8-3-1-2-6(4-9)7(5-10)14(11,12)13/h3-7H,1-2H2,(H2,11,12,13). The third-order valence-electron chi connectivity index (χ3n) is 1.76. The summed E-state index contributed by atoms with van der Waals surface area (Å²) < 4.78 is 10.7. The van der Waals surface area contributed by atoms with E-state index in [1.807, 2.05) is 0 Å². The van der Waals surface area contributed by atoms with E-state index < -0.39 is 19.2 Å². The van der Waals surface area contributed by atoms with Gasteiger partial charge in [0.05, 0.1) is 0 Å².